The average Bonchev–Trinajstić information content (AvgIpc) is 2.39. The molecule has 1 unspecified atom stereocenters. The monoisotopic (exact) mass is 329 g/mol. The van der Waals surface area contributed by atoms with E-state index in [9.17, 15) is 4.39 Å². The quantitative estimate of drug-likeness (QED) is 0.778. The number of piperidine rings is 1. The number of likely N-dealkylation sites (tertiary alicyclic amines) is 1. The predicted octanol–water partition coefficient (Wildman–Crippen LogP) is 3.83. The lowest BCUT2D eigenvalue weighted by molar-refractivity contribution is 0.178. The summed E-state index contributed by atoms with van der Waals surface area (Å²) < 4.78 is 18.6. The normalized spacial score (nSPS) is 19.4. The Labute approximate surface area is 123 Å². The zero-order valence-corrected chi connectivity index (χ0v) is 13.1. The molecule has 1 atom stereocenters. The Morgan fingerprint density at radius 2 is 2.11 bits per heavy atom. The summed E-state index contributed by atoms with van der Waals surface area (Å²) >= 11 is 3.67. The highest BCUT2D eigenvalue weighted by molar-refractivity contribution is 9.09. The van der Waals surface area contributed by atoms with Crippen LogP contribution in [0.5, 0.6) is 5.75 Å². The molecular formula is C15H21BrFNO. The molecule has 2 nitrogen and oxygen atoms in total. The zero-order chi connectivity index (χ0) is 13.8. The summed E-state index contributed by atoms with van der Waals surface area (Å²) in [5.74, 6) is 0.809. The molecule has 1 aliphatic heterocycles. The van der Waals surface area contributed by atoms with Crippen LogP contribution in [0.3, 0.4) is 0 Å². The molecule has 0 saturated carbocycles. The van der Waals surface area contributed by atoms with Gasteiger partial charge in [-0.2, -0.15) is 0 Å². The molecule has 106 valence electrons. The molecule has 1 aliphatic rings. The van der Waals surface area contributed by atoms with Gasteiger partial charge >= 0.3 is 0 Å². The maximum atomic E-state index is 13.6. The molecule has 19 heavy (non-hydrogen) atoms. The second-order valence-electron chi connectivity index (χ2n) is 5.26. The lowest BCUT2D eigenvalue weighted by atomic mass is 9.94. The van der Waals surface area contributed by atoms with Crippen LogP contribution in [0, 0.1) is 11.7 Å². The van der Waals surface area contributed by atoms with Crippen LogP contribution in [0.4, 0.5) is 4.39 Å². The lowest BCUT2D eigenvalue weighted by Gasteiger charge is -2.33. The maximum absolute atomic E-state index is 13.6. The van der Waals surface area contributed by atoms with Gasteiger partial charge < -0.3 is 4.74 Å². The summed E-state index contributed by atoms with van der Waals surface area (Å²) in [5, 5.41) is 0. The average molecular weight is 330 g/mol. The molecule has 0 N–H and O–H groups in total. The van der Waals surface area contributed by atoms with Crippen molar-refractivity contribution in [2.45, 2.75) is 31.1 Å². The van der Waals surface area contributed by atoms with E-state index in [1.54, 1.807) is 12.1 Å². The van der Waals surface area contributed by atoms with Crippen LogP contribution in [0.2, 0.25) is 0 Å². The van der Waals surface area contributed by atoms with E-state index in [0.29, 0.717) is 10.6 Å². The van der Waals surface area contributed by atoms with Crippen molar-refractivity contribution in [2.75, 3.05) is 20.2 Å². The minimum atomic E-state index is -0.274. The van der Waals surface area contributed by atoms with Gasteiger partial charge in [0.25, 0.3) is 0 Å². The highest BCUT2D eigenvalue weighted by Crippen LogP contribution is 2.26. The number of nitrogens with zero attached hydrogens (tertiary/aromatic N) is 1. The molecule has 1 aromatic rings. The SMILES string of the molecule is COc1ccc(CN2CCC(C(C)Br)CC2)cc1F. The first-order valence-electron chi connectivity index (χ1n) is 6.79. The topological polar surface area (TPSA) is 12.5 Å². The van der Waals surface area contributed by atoms with Gasteiger partial charge in [-0.3, -0.25) is 4.90 Å². The van der Waals surface area contributed by atoms with Crippen LogP contribution in [0.15, 0.2) is 18.2 Å². The van der Waals surface area contributed by atoms with Crippen molar-refractivity contribution in [1.82, 2.24) is 4.90 Å². The predicted molar refractivity (Wildman–Crippen MR) is 79.3 cm³/mol. The molecule has 1 fully saturated rings. The summed E-state index contributed by atoms with van der Waals surface area (Å²) in [5.41, 5.74) is 1.02. The Balaban J connectivity index is 1.90. The van der Waals surface area contributed by atoms with Crippen LogP contribution in [0.25, 0.3) is 0 Å². The van der Waals surface area contributed by atoms with Crippen molar-refractivity contribution >= 4 is 15.9 Å². The highest BCUT2D eigenvalue weighted by atomic mass is 79.9. The first-order valence-corrected chi connectivity index (χ1v) is 7.70. The molecule has 1 aromatic carbocycles. The third kappa shape index (κ3) is 3.93. The number of hydrogen-bond donors (Lipinski definition) is 0. The number of benzene rings is 1. The molecule has 0 radical (unpaired) electrons. The first-order chi connectivity index (χ1) is 9.10. The van der Waals surface area contributed by atoms with Crippen molar-refractivity contribution in [3.05, 3.63) is 29.6 Å². The Hall–Kier alpha value is -0.610. The fourth-order valence-corrected chi connectivity index (χ4v) is 3.17. The molecule has 0 aliphatic carbocycles. The molecule has 0 aromatic heterocycles. The third-order valence-corrected chi connectivity index (χ3v) is 4.65. The first kappa shape index (κ1) is 14.8. The summed E-state index contributed by atoms with van der Waals surface area (Å²) in [7, 11) is 1.49. The molecular weight excluding hydrogens is 309 g/mol. The Bertz CT molecular complexity index is 417. The molecule has 4 heteroatoms. The molecule has 1 heterocycles. The van der Waals surface area contributed by atoms with Crippen molar-refractivity contribution in [1.29, 1.82) is 0 Å². The second-order valence-corrected chi connectivity index (χ2v) is 6.70. The molecule has 1 saturated heterocycles. The van der Waals surface area contributed by atoms with Gasteiger partial charge in [-0.15, -0.1) is 0 Å². The van der Waals surface area contributed by atoms with E-state index < -0.39 is 0 Å². The largest absolute Gasteiger partial charge is 0.494 e. The molecule has 0 spiro atoms. The number of alkyl halides is 1. The minimum Gasteiger partial charge on any atom is -0.494 e. The van der Waals surface area contributed by atoms with Crippen LogP contribution in [-0.2, 0) is 6.54 Å². The third-order valence-electron chi connectivity index (χ3n) is 3.90. The van der Waals surface area contributed by atoms with Gasteiger partial charge in [0.1, 0.15) is 0 Å². The minimum absolute atomic E-state index is 0.274. The fraction of sp³-hybridized carbons (Fsp3) is 0.600. The van der Waals surface area contributed by atoms with E-state index in [2.05, 4.69) is 27.8 Å². The number of halogens is 2. The van der Waals surface area contributed by atoms with Gasteiger partial charge in [0.05, 0.1) is 7.11 Å². The van der Waals surface area contributed by atoms with Crippen molar-refractivity contribution in [3.8, 4) is 5.75 Å². The lowest BCUT2D eigenvalue weighted by Crippen LogP contribution is -2.35. The molecule has 0 amide bonds. The van der Waals surface area contributed by atoms with Gasteiger partial charge in [0.2, 0.25) is 0 Å². The van der Waals surface area contributed by atoms with E-state index in [4.69, 9.17) is 4.74 Å². The second kappa shape index (κ2) is 6.71. The van der Waals surface area contributed by atoms with Gasteiger partial charge in [-0.05, 0) is 49.5 Å². The van der Waals surface area contributed by atoms with Gasteiger partial charge in [0, 0.05) is 11.4 Å². The summed E-state index contributed by atoms with van der Waals surface area (Å²) in [4.78, 5) is 2.99. The Kier molecular flexibility index (Phi) is 5.22. The zero-order valence-electron chi connectivity index (χ0n) is 11.5. The van der Waals surface area contributed by atoms with E-state index in [1.165, 1.54) is 20.0 Å². The highest BCUT2D eigenvalue weighted by Gasteiger charge is 2.22. The number of rotatable bonds is 4. The maximum Gasteiger partial charge on any atom is 0.165 e. The number of hydrogen-bond acceptors (Lipinski definition) is 2. The van der Waals surface area contributed by atoms with Crippen LogP contribution >= 0.6 is 15.9 Å². The van der Waals surface area contributed by atoms with Gasteiger partial charge in [-0.25, -0.2) is 4.39 Å². The smallest absolute Gasteiger partial charge is 0.165 e. The van der Waals surface area contributed by atoms with E-state index >= 15 is 0 Å². The number of ether oxygens (including phenoxy) is 1. The standard InChI is InChI=1S/C15H21BrFNO/c1-11(16)13-5-7-18(8-6-13)10-12-3-4-15(19-2)14(17)9-12/h3-4,9,11,13H,5-8,10H2,1-2H3. The van der Waals surface area contributed by atoms with Crippen molar-refractivity contribution in [2.24, 2.45) is 5.92 Å². The Morgan fingerprint density at radius 3 is 2.63 bits per heavy atom. The van der Waals surface area contributed by atoms with Crippen LogP contribution < -0.4 is 4.74 Å². The van der Waals surface area contributed by atoms with Crippen molar-refractivity contribution < 1.29 is 9.13 Å². The van der Waals surface area contributed by atoms with E-state index in [0.717, 1.165) is 31.1 Å². The molecule has 0 bridgehead atoms. The fourth-order valence-electron chi connectivity index (χ4n) is 2.64. The van der Waals surface area contributed by atoms with Gasteiger partial charge in [0.15, 0.2) is 11.6 Å². The van der Waals surface area contributed by atoms with Crippen molar-refractivity contribution in [3.63, 3.8) is 0 Å². The van der Waals surface area contributed by atoms with E-state index in [-0.39, 0.29) is 5.82 Å². The van der Waals surface area contributed by atoms with Gasteiger partial charge in [-0.1, -0.05) is 28.9 Å². The molecule has 2 rings (SSSR count). The summed E-state index contributed by atoms with van der Waals surface area (Å²) in [6, 6.07) is 5.23. The summed E-state index contributed by atoms with van der Waals surface area (Å²) in [6.45, 7) is 5.23. The Morgan fingerprint density at radius 1 is 1.42 bits per heavy atom. The van der Waals surface area contributed by atoms with E-state index in [1.807, 2.05) is 6.07 Å². The van der Waals surface area contributed by atoms with Crippen LogP contribution in [0.1, 0.15) is 25.3 Å². The van der Waals surface area contributed by atoms with Crippen LogP contribution in [-0.4, -0.2) is 29.9 Å². The number of methoxy groups -OCH3 is 1. The summed E-state index contributed by atoms with van der Waals surface area (Å²) in [6.07, 6.45) is 2.43.